The lowest BCUT2D eigenvalue weighted by atomic mass is 9.87. The first kappa shape index (κ1) is 19.0. The maximum atomic E-state index is 13.6. The van der Waals surface area contributed by atoms with E-state index < -0.39 is 0 Å². The number of rotatable bonds is 4. The van der Waals surface area contributed by atoms with E-state index in [2.05, 4.69) is 20.4 Å². The molecule has 1 N–H and O–H groups in total. The maximum absolute atomic E-state index is 13.6. The smallest absolute Gasteiger partial charge is 0.273 e. The molecule has 0 bridgehead atoms. The van der Waals surface area contributed by atoms with Gasteiger partial charge >= 0.3 is 0 Å². The monoisotopic (exact) mass is 415 g/mol. The number of nitrogens with zero attached hydrogens (tertiary/aromatic N) is 4. The summed E-state index contributed by atoms with van der Waals surface area (Å²) in [7, 11) is 3.24. The highest BCUT2D eigenvalue weighted by atomic mass is 16.5. The lowest BCUT2D eigenvalue weighted by Gasteiger charge is -2.38. The number of aromatic nitrogens is 4. The first-order valence-corrected chi connectivity index (χ1v) is 9.98. The molecule has 0 saturated carbocycles. The second-order valence-corrected chi connectivity index (χ2v) is 7.33. The molecule has 3 heterocycles. The van der Waals surface area contributed by atoms with Crippen molar-refractivity contribution in [3.63, 3.8) is 0 Å². The molecule has 0 aliphatic carbocycles. The van der Waals surface area contributed by atoms with Crippen LogP contribution in [0.3, 0.4) is 0 Å². The summed E-state index contributed by atoms with van der Waals surface area (Å²) in [4.78, 5) is 19.9. The van der Waals surface area contributed by atoms with Crippen molar-refractivity contribution >= 4 is 17.1 Å². The van der Waals surface area contributed by atoms with E-state index in [1.54, 1.807) is 26.4 Å². The number of pyridine rings is 1. The number of benzene rings is 2. The van der Waals surface area contributed by atoms with Gasteiger partial charge in [-0.15, -0.1) is 5.10 Å². The lowest BCUT2D eigenvalue weighted by Crippen LogP contribution is -2.41. The summed E-state index contributed by atoms with van der Waals surface area (Å²) in [5.74, 6) is 1.17. The van der Waals surface area contributed by atoms with Gasteiger partial charge in [-0.25, -0.2) is 4.98 Å². The van der Waals surface area contributed by atoms with E-state index in [4.69, 9.17) is 9.47 Å². The number of nitrogens with one attached hydrogen (secondary N) is 1. The van der Waals surface area contributed by atoms with Crippen LogP contribution >= 0.6 is 0 Å². The summed E-state index contributed by atoms with van der Waals surface area (Å²) in [6.07, 6.45) is 0.705. The third-order valence-electron chi connectivity index (χ3n) is 5.65. The second-order valence-electron chi connectivity index (χ2n) is 7.33. The van der Waals surface area contributed by atoms with Crippen molar-refractivity contribution in [3.05, 3.63) is 77.0 Å². The molecule has 0 radical (unpaired) electrons. The van der Waals surface area contributed by atoms with Crippen LogP contribution in [0.5, 0.6) is 11.5 Å². The van der Waals surface area contributed by atoms with Gasteiger partial charge in [0, 0.05) is 6.54 Å². The summed E-state index contributed by atoms with van der Waals surface area (Å²) in [5.41, 5.74) is 4.56. The largest absolute Gasteiger partial charge is 0.493 e. The highest BCUT2D eigenvalue weighted by Gasteiger charge is 2.34. The highest BCUT2D eigenvalue weighted by Crippen LogP contribution is 2.41. The maximum Gasteiger partial charge on any atom is 0.273 e. The fourth-order valence-electron chi connectivity index (χ4n) is 4.16. The molecule has 1 amide bonds. The minimum absolute atomic E-state index is 0.154. The van der Waals surface area contributed by atoms with E-state index >= 15 is 0 Å². The zero-order valence-corrected chi connectivity index (χ0v) is 17.2. The Labute approximate surface area is 178 Å². The van der Waals surface area contributed by atoms with Crippen LogP contribution in [-0.4, -0.2) is 52.0 Å². The number of carbonyl (C=O) groups excluding carboxylic acids is 1. The SMILES string of the molecule is COc1cc2c(cc1OC)C(c1ccccc1)N(C(=O)c1ccc3n[nH]nc3n1)CC2. The Hall–Kier alpha value is -3.94. The minimum atomic E-state index is -0.271. The summed E-state index contributed by atoms with van der Waals surface area (Å²) >= 11 is 0. The molecule has 31 heavy (non-hydrogen) atoms. The van der Waals surface area contributed by atoms with Crippen LogP contribution in [0, 0.1) is 0 Å². The summed E-state index contributed by atoms with van der Waals surface area (Å²) < 4.78 is 11.0. The molecule has 8 heteroatoms. The third-order valence-corrected chi connectivity index (χ3v) is 5.65. The van der Waals surface area contributed by atoms with Crippen molar-refractivity contribution in [3.8, 4) is 11.5 Å². The molecule has 1 atom stereocenters. The average Bonchev–Trinajstić information content (AvgIpc) is 3.30. The molecule has 5 rings (SSSR count). The van der Waals surface area contributed by atoms with Crippen molar-refractivity contribution in [2.45, 2.75) is 12.5 Å². The molecule has 1 aliphatic rings. The molecule has 0 saturated heterocycles. The van der Waals surface area contributed by atoms with Gasteiger partial charge in [0.05, 0.1) is 20.3 Å². The van der Waals surface area contributed by atoms with Gasteiger partial charge in [0.2, 0.25) is 5.65 Å². The van der Waals surface area contributed by atoms with Gasteiger partial charge in [-0.05, 0) is 47.4 Å². The number of methoxy groups -OCH3 is 2. The molecular weight excluding hydrogens is 394 g/mol. The van der Waals surface area contributed by atoms with Crippen molar-refractivity contribution in [2.75, 3.05) is 20.8 Å². The van der Waals surface area contributed by atoms with Crippen LogP contribution in [-0.2, 0) is 6.42 Å². The fourth-order valence-corrected chi connectivity index (χ4v) is 4.16. The van der Waals surface area contributed by atoms with Crippen LogP contribution in [0.1, 0.15) is 33.2 Å². The molecule has 4 aromatic rings. The summed E-state index contributed by atoms with van der Waals surface area (Å²) in [6.45, 7) is 0.555. The number of aromatic amines is 1. The number of ether oxygens (including phenoxy) is 2. The van der Waals surface area contributed by atoms with Crippen LogP contribution in [0.15, 0.2) is 54.6 Å². The van der Waals surface area contributed by atoms with Gasteiger partial charge in [0.15, 0.2) is 11.5 Å². The predicted octanol–water partition coefficient (Wildman–Crippen LogP) is 3.16. The van der Waals surface area contributed by atoms with Crippen molar-refractivity contribution < 1.29 is 14.3 Å². The van der Waals surface area contributed by atoms with Gasteiger partial charge in [-0.2, -0.15) is 10.3 Å². The Kier molecular flexibility index (Phi) is 4.74. The second kappa shape index (κ2) is 7.71. The average molecular weight is 415 g/mol. The molecule has 2 aromatic heterocycles. The normalized spacial score (nSPS) is 15.5. The zero-order chi connectivity index (χ0) is 21.4. The quantitative estimate of drug-likeness (QED) is 0.550. The number of fused-ring (bicyclic) bond motifs is 2. The Morgan fingerprint density at radius 1 is 1.03 bits per heavy atom. The Morgan fingerprint density at radius 2 is 1.81 bits per heavy atom. The van der Waals surface area contributed by atoms with Gasteiger partial charge < -0.3 is 14.4 Å². The molecular formula is C23H21N5O3. The molecule has 0 spiro atoms. The molecule has 0 fully saturated rings. The summed E-state index contributed by atoms with van der Waals surface area (Å²) in [5, 5.41) is 10.6. The third kappa shape index (κ3) is 3.26. The van der Waals surface area contributed by atoms with Crippen molar-refractivity contribution in [2.24, 2.45) is 0 Å². The Bertz CT molecular complexity index is 1250. The number of H-pyrrole nitrogens is 1. The van der Waals surface area contributed by atoms with E-state index in [-0.39, 0.29) is 11.9 Å². The van der Waals surface area contributed by atoms with E-state index in [1.165, 1.54) is 0 Å². The molecule has 156 valence electrons. The molecule has 1 unspecified atom stereocenters. The minimum Gasteiger partial charge on any atom is -0.493 e. The van der Waals surface area contributed by atoms with Gasteiger partial charge in [0.1, 0.15) is 11.2 Å². The standard InChI is InChI=1S/C23H21N5O3/c1-30-19-12-15-10-11-28(23(29)18-9-8-17-22(24-18)26-27-25-17)21(14-6-4-3-5-7-14)16(15)13-20(19)31-2/h3-9,12-13,21H,10-11H2,1-2H3,(H,24,25,26,27). The van der Waals surface area contributed by atoms with Crippen LogP contribution in [0.4, 0.5) is 0 Å². The lowest BCUT2D eigenvalue weighted by molar-refractivity contribution is 0.0688. The number of amides is 1. The number of hydrogen-bond donors (Lipinski definition) is 1. The highest BCUT2D eigenvalue weighted by molar-refractivity contribution is 5.94. The number of hydrogen-bond acceptors (Lipinski definition) is 6. The topological polar surface area (TPSA) is 93.2 Å². The summed E-state index contributed by atoms with van der Waals surface area (Å²) in [6, 6.07) is 17.1. The Balaban J connectivity index is 1.62. The van der Waals surface area contributed by atoms with E-state index in [0.717, 1.165) is 16.7 Å². The van der Waals surface area contributed by atoms with E-state index in [1.807, 2.05) is 47.4 Å². The van der Waals surface area contributed by atoms with Crippen LogP contribution < -0.4 is 9.47 Å². The first-order chi connectivity index (χ1) is 15.2. The van der Waals surface area contributed by atoms with Gasteiger partial charge in [0.25, 0.3) is 5.91 Å². The zero-order valence-electron chi connectivity index (χ0n) is 17.2. The van der Waals surface area contributed by atoms with Gasteiger partial charge in [-0.3, -0.25) is 4.79 Å². The first-order valence-electron chi connectivity index (χ1n) is 9.98. The predicted molar refractivity (Wildman–Crippen MR) is 114 cm³/mol. The Morgan fingerprint density at radius 3 is 2.58 bits per heavy atom. The fraction of sp³-hybridized carbons (Fsp3) is 0.217. The molecule has 1 aliphatic heterocycles. The van der Waals surface area contributed by atoms with E-state index in [0.29, 0.717) is 41.3 Å². The van der Waals surface area contributed by atoms with Crippen molar-refractivity contribution in [1.82, 2.24) is 25.3 Å². The van der Waals surface area contributed by atoms with E-state index in [9.17, 15) is 4.79 Å². The molecule has 8 nitrogen and oxygen atoms in total. The number of carbonyl (C=O) groups is 1. The van der Waals surface area contributed by atoms with Crippen LogP contribution in [0.2, 0.25) is 0 Å². The van der Waals surface area contributed by atoms with Crippen molar-refractivity contribution in [1.29, 1.82) is 0 Å². The molecule has 2 aromatic carbocycles. The van der Waals surface area contributed by atoms with Gasteiger partial charge in [-0.1, -0.05) is 30.3 Å². The van der Waals surface area contributed by atoms with Crippen LogP contribution in [0.25, 0.3) is 11.2 Å².